The molecule has 0 aliphatic rings. The van der Waals surface area contributed by atoms with Crippen LogP contribution in [0.3, 0.4) is 0 Å². The number of carboxylic acid groups (broad SMARTS) is 1. The summed E-state index contributed by atoms with van der Waals surface area (Å²) in [6.07, 6.45) is 3.27. The first-order valence-corrected chi connectivity index (χ1v) is 6.03. The van der Waals surface area contributed by atoms with Crippen molar-refractivity contribution >= 4 is 17.7 Å². The van der Waals surface area contributed by atoms with E-state index < -0.39 is 12.0 Å². The molecule has 0 unspecified atom stereocenters. The molecule has 8 heteroatoms. The molecule has 0 radical (unpaired) electrons. The second kappa shape index (κ2) is 5.95. The normalized spacial score (nSPS) is 10.1. The van der Waals surface area contributed by atoms with Gasteiger partial charge in [-0.2, -0.15) is 5.10 Å². The number of benzene rings is 1. The van der Waals surface area contributed by atoms with E-state index in [1.165, 1.54) is 17.0 Å². The largest absolute Gasteiger partial charge is 0.506 e. The first-order valence-electron chi connectivity index (χ1n) is 6.03. The highest BCUT2D eigenvalue weighted by Gasteiger charge is 2.13. The van der Waals surface area contributed by atoms with Gasteiger partial charge in [-0.1, -0.05) is 0 Å². The van der Waals surface area contributed by atoms with Crippen LogP contribution in [0.4, 0.5) is 10.5 Å². The van der Waals surface area contributed by atoms with Gasteiger partial charge in [-0.05, 0) is 18.2 Å². The first-order chi connectivity index (χ1) is 9.97. The molecule has 1 heterocycles. The highest BCUT2D eigenvalue weighted by atomic mass is 16.4. The lowest BCUT2D eigenvalue weighted by atomic mass is 10.2. The van der Waals surface area contributed by atoms with Gasteiger partial charge in [-0.15, -0.1) is 0 Å². The van der Waals surface area contributed by atoms with Gasteiger partial charge in [-0.25, -0.2) is 9.59 Å². The van der Waals surface area contributed by atoms with Crippen LogP contribution in [0.25, 0.3) is 0 Å². The molecule has 0 fully saturated rings. The summed E-state index contributed by atoms with van der Waals surface area (Å²) in [4.78, 5) is 24.1. The van der Waals surface area contributed by atoms with Crippen molar-refractivity contribution in [3.63, 3.8) is 0 Å². The Bertz CT molecular complexity index is 654. The number of hydrogen-bond acceptors (Lipinski definition) is 4. The van der Waals surface area contributed by atoms with Gasteiger partial charge in [0.2, 0.25) is 0 Å². The summed E-state index contributed by atoms with van der Waals surface area (Å²) >= 11 is 0. The van der Waals surface area contributed by atoms with Crippen LogP contribution in [0.15, 0.2) is 30.6 Å². The number of urea groups is 1. The third-order valence-electron chi connectivity index (χ3n) is 2.81. The Hall–Kier alpha value is -3.03. The van der Waals surface area contributed by atoms with E-state index in [0.29, 0.717) is 6.54 Å². The van der Waals surface area contributed by atoms with Gasteiger partial charge in [0.15, 0.2) is 0 Å². The third kappa shape index (κ3) is 3.50. The number of aromatic nitrogens is 2. The third-order valence-corrected chi connectivity index (χ3v) is 2.81. The van der Waals surface area contributed by atoms with Crippen LogP contribution in [0.5, 0.6) is 5.75 Å². The maximum atomic E-state index is 12.0. The van der Waals surface area contributed by atoms with Crippen LogP contribution >= 0.6 is 0 Å². The molecule has 1 aromatic heterocycles. The maximum absolute atomic E-state index is 12.0. The molecule has 2 amide bonds. The number of anilines is 1. The van der Waals surface area contributed by atoms with E-state index in [1.807, 2.05) is 0 Å². The molecule has 2 rings (SSSR count). The molecule has 0 spiro atoms. The van der Waals surface area contributed by atoms with E-state index in [-0.39, 0.29) is 17.0 Å². The number of aromatic amines is 1. The van der Waals surface area contributed by atoms with E-state index in [1.54, 1.807) is 19.4 Å². The standard InChI is InChI=1S/C13H14N4O4/c1-17(7-8-5-14-15-6-8)13(21)16-10-3-2-9(12(19)20)4-11(10)18/h2-6,18H,7H2,1H3,(H,14,15)(H,16,21)(H,19,20). The number of carboxylic acids is 1. The van der Waals surface area contributed by atoms with Crippen LogP contribution in [0.2, 0.25) is 0 Å². The number of nitrogens with zero attached hydrogens (tertiary/aromatic N) is 2. The molecule has 0 atom stereocenters. The number of aromatic hydroxyl groups is 1. The minimum Gasteiger partial charge on any atom is -0.506 e. The van der Waals surface area contributed by atoms with Crippen molar-refractivity contribution in [2.45, 2.75) is 6.54 Å². The highest BCUT2D eigenvalue weighted by molar-refractivity contribution is 5.93. The van der Waals surface area contributed by atoms with Gasteiger partial charge in [-0.3, -0.25) is 5.10 Å². The fraction of sp³-hybridized carbons (Fsp3) is 0.154. The van der Waals surface area contributed by atoms with Crippen molar-refractivity contribution in [3.05, 3.63) is 41.7 Å². The molecule has 0 aliphatic carbocycles. The molecule has 0 bridgehead atoms. The second-order valence-electron chi connectivity index (χ2n) is 4.43. The Labute approximate surface area is 120 Å². The summed E-state index contributed by atoms with van der Waals surface area (Å²) in [7, 11) is 1.59. The molecule has 0 aliphatic heterocycles. The predicted octanol–water partition coefficient (Wildman–Crippen LogP) is 1.48. The number of nitrogens with one attached hydrogen (secondary N) is 2. The molecule has 0 saturated carbocycles. The maximum Gasteiger partial charge on any atom is 0.335 e. The monoisotopic (exact) mass is 290 g/mol. The highest BCUT2D eigenvalue weighted by Crippen LogP contribution is 2.24. The smallest absolute Gasteiger partial charge is 0.335 e. The first kappa shape index (κ1) is 14.4. The summed E-state index contributed by atoms with van der Waals surface area (Å²) in [5, 5.41) is 27.4. The van der Waals surface area contributed by atoms with Crippen LogP contribution in [-0.4, -0.2) is 44.4 Å². The minimum absolute atomic E-state index is 0.0581. The minimum atomic E-state index is -1.15. The molecule has 4 N–H and O–H groups in total. The molecule has 1 aromatic carbocycles. The number of rotatable bonds is 4. The summed E-state index contributed by atoms with van der Waals surface area (Å²) < 4.78 is 0. The van der Waals surface area contributed by atoms with Crippen molar-refractivity contribution in [2.75, 3.05) is 12.4 Å². The zero-order valence-electron chi connectivity index (χ0n) is 11.2. The van der Waals surface area contributed by atoms with Crippen LogP contribution < -0.4 is 5.32 Å². The Balaban J connectivity index is 2.03. The van der Waals surface area contributed by atoms with Crippen LogP contribution in [0, 0.1) is 0 Å². The summed E-state index contributed by atoms with van der Waals surface area (Å²) in [6.45, 7) is 0.344. The number of H-pyrrole nitrogens is 1. The van der Waals surface area contributed by atoms with Gasteiger partial charge >= 0.3 is 12.0 Å². The number of hydrogen-bond donors (Lipinski definition) is 4. The molecule has 2 aromatic rings. The van der Waals surface area contributed by atoms with Crippen molar-refractivity contribution in [2.24, 2.45) is 0 Å². The summed E-state index contributed by atoms with van der Waals surface area (Å²) in [5.41, 5.74) is 0.916. The van der Waals surface area contributed by atoms with Gasteiger partial charge in [0, 0.05) is 18.8 Å². The van der Waals surface area contributed by atoms with Gasteiger partial charge in [0.05, 0.1) is 24.0 Å². The number of aromatic carboxylic acids is 1. The SMILES string of the molecule is CN(Cc1cn[nH]c1)C(=O)Nc1ccc(C(=O)O)cc1O. The number of amides is 2. The number of phenolic OH excluding ortho intramolecular Hbond substituents is 1. The Kier molecular flexibility index (Phi) is 4.07. The second-order valence-corrected chi connectivity index (χ2v) is 4.43. The topological polar surface area (TPSA) is 119 Å². The van der Waals surface area contributed by atoms with E-state index in [0.717, 1.165) is 11.6 Å². The molecular weight excluding hydrogens is 276 g/mol. The number of phenols is 1. The van der Waals surface area contributed by atoms with E-state index in [2.05, 4.69) is 15.5 Å². The molecule has 8 nitrogen and oxygen atoms in total. The lowest BCUT2D eigenvalue weighted by molar-refractivity contribution is 0.0696. The van der Waals surface area contributed by atoms with Gasteiger partial charge in [0.1, 0.15) is 5.75 Å². The van der Waals surface area contributed by atoms with E-state index in [4.69, 9.17) is 5.11 Å². The van der Waals surface area contributed by atoms with Crippen molar-refractivity contribution in [1.82, 2.24) is 15.1 Å². The fourth-order valence-electron chi connectivity index (χ4n) is 1.69. The van der Waals surface area contributed by atoms with Gasteiger partial charge < -0.3 is 20.4 Å². The number of carbonyl (C=O) groups excluding carboxylic acids is 1. The van der Waals surface area contributed by atoms with Crippen molar-refractivity contribution in [3.8, 4) is 5.75 Å². The summed E-state index contributed by atoms with van der Waals surface area (Å²) in [6, 6.07) is 3.28. The summed E-state index contributed by atoms with van der Waals surface area (Å²) in [5.74, 6) is -1.46. The molecule has 110 valence electrons. The average molecular weight is 290 g/mol. The zero-order valence-corrected chi connectivity index (χ0v) is 11.2. The predicted molar refractivity (Wildman–Crippen MR) is 74.1 cm³/mol. The average Bonchev–Trinajstić information content (AvgIpc) is 2.93. The van der Waals surface area contributed by atoms with Crippen molar-refractivity contribution in [1.29, 1.82) is 0 Å². The number of carbonyl (C=O) groups is 2. The van der Waals surface area contributed by atoms with Crippen LogP contribution in [0.1, 0.15) is 15.9 Å². The quantitative estimate of drug-likeness (QED) is 0.636. The van der Waals surface area contributed by atoms with Crippen LogP contribution in [-0.2, 0) is 6.54 Å². The molecule has 0 saturated heterocycles. The lowest BCUT2D eigenvalue weighted by Crippen LogP contribution is -2.30. The van der Waals surface area contributed by atoms with E-state index >= 15 is 0 Å². The lowest BCUT2D eigenvalue weighted by Gasteiger charge is -2.17. The Morgan fingerprint density at radius 3 is 2.76 bits per heavy atom. The zero-order chi connectivity index (χ0) is 15.4. The van der Waals surface area contributed by atoms with Gasteiger partial charge in [0.25, 0.3) is 0 Å². The van der Waals surface area contributed by atoms with E-state index in [9.17, 15) is 14.7 Å². The Morgan fingerprint density at radius 2 is 2.19 bits per heavy atom. The molecule has 21 heavy (non-hydrogen) atoms. The Morgan fingerprint density at radius 1 is 1.43 bits per heavy atom. The molecular formula is C13H14N4O4. The van der Waals surface area contributed by atoms with Crippen molar-refractivity contribution < 1.29 is 19.8 Å². The fourth-order valence-corrected chi connectivity index (χ4v) is 1.69.